The number of hydrogen-bond acceptors (Lipinski definition) is 5. The van der Waals surface area contributed by atoms with Crippen LogP contribution in [0.25, 0.3) is 5.65 Å². The molecule has 1 aliphatic rings. The molecular weight excluding hydrogens is 478 g/mol. The van der Waals surface area contributed by atoms with E-state index < -0.39 is 11.6 Å². The van der Waals surface area contributed by atoms with Crippen LogP contribution in [0.1, 0.15) is 65.4 Å². The van der Waals surface area contributed by atoms with E-state index in [9.17, 15) is 9.59 Å². The van der Waals surface area contributed by atoms with Gasteiger partial charge < -0.3 is 9.30 Å². The molecule has 4 heterocycles. The number of amides is 1. The number of halogens is 1. The second-order valence-electron chi connectivity index (χ2n) is 10.2. The number of benzene rings is 1. The quantitative estimate of drug-likeness (QED) is 0.366. The highest BCUT2D eigenvalue weighted by Crippen LogP contribution is 2.44. The van der Waals surface area contributed by atoms with Crippen molar-refractivity contribution in [3.05, 3.63) is 81.5 Å². The van der Waals surface area contributed by atoms with Crippen molar-refractivity contribution in [1.29, 1.82) is 0 Å². The standard InChI is InChI=1S/C27H28ClN5O3/c1-15-11-20(14-32-16(2)29-30-25(15)32)33-23(17-7-9-19(28)10-8-17)24-22(26(33)35)18(13-31(24)6)12-21(34)36-27(3,4)5/h7-11,13-14,23H,12H2,1-6H3. The Morgan fingerprint density at radius 2 is 1.81 bits per heavy atom. The van der Waals surface area contributed by atoms with E-state index in [1.807, 2.05) is 93.4 Å². The van der Waals surface area contributed by atoms with Crippen LogP contribution in [-0.2, 0) is 23.0 Å². The van der Waals surface area contributed by atoms with Gasteiger partial charge in [-0.1, -0.05) is 23.7 Å². The third-order valence-corrected chi connectivity index (χ3v) is 6.57. The maximum atomic E-state index is 14.1. The Bertz CT molecular complexity index is 1510. The molecule has 0 saturated heterocycles. The molecule has 4 aromatic rings. The van der Waals surface area contributed by atoms with Crippen LogP contribution in [0.4, 0.5) is 5.69 Å². The predicted octanol–water partition coefficient (Wildman–Crippen LogP) is 4.97. The maximum absolute atomic E-state index is 14.1. The van der Waals surface area contributed by atoms with E-state index in [0.717, 1.165) is 28.3 Å². The van der Waals surface area contributed by atoms with Crippen LogP contribution in [0.2, 0.25) is 5.02 Å². The van der Waals surface area contributed by atoms with E-state index in [4.69, 9.17) is 16.3 Å². The Balaban J connectivity index is 1.67. The third kappa shape index (κ3) is 4.05. The summed E-state index contributed by atoms with van der Waals surface area (Å²) < 4.78 is 9.37. The second kappa shape index (κ2) is 8.48. The van der Waals surface area contributed by atoms with Crippen molar-refractivity contribution >= 4 is 34.8 Å². The monoisotopic (exact) mass is 505 g/mol. The maximum Gasteiger partial charge on any atom is 0.310 e. The zero-order valence-corrected chi connectivity index (χ0v) is 21.9. The summed E-state index contributed by atoms with van der Waals surface area (Å²) in [6, 6.07) is 9.04. The summed E-state index contributed by atoms with van der Waals surface area (Å²) in [5.74, 6) is 0.184. The summed E-state index contributed by atoms with van der Waals surface area (Å²) in [4.78, 5) is 28.6. The molecule has 1 atom stereocenters. The minimum Gasteiger partial charge on any atom is -0.460 e. The fourth-order valence-electron chi connectivity index (χ4n) is 4.91. The van der Waals surface area contributed by atoms with E-state index in [2.05, 4.69) is 10.2 Å². The number of carbonyl (C=O) groups excluding carboxylic acids is 2. The van der Waals surface area contributed by atoms with Crippen molar-refractivity contribution in [3.8, 4) is 0 Å². The highest BCUT2D eigenvalue weighted by Gasteiger charge is 2.43. The van der Waals surface area contributed by atoms with Crippen LogP contribution in [-0.4, -0.2) is 36.6 Å². The number of aromatic nitrogens is 4. The summed E-state index contributed by atoms with van der Waals surface area (Å²) in [7, 11) is 1.90. The molecule has 36 heavy (non-hydrogen) atoms. The van der Waals surface area contributed by atoms with Gasteiger partial charge in [0, 0.05) is 24.5 Å². The van der Waals surface area contributed by atoms with Gasteiger partial charge in [-0.2, -0.15) is 0 Å². The number of carbonyl (C=O) groups is 2. The predicted molar refractivity (Wildman–Crippen MR) is 138 cm³/mol. The van der Waals surface area contributed by atoms with Crippen molar-refractivity contribution in [1.82, 2.24) is 19.2 Å². The first-order valence-electron chi connectivity index (χ1n) is 11.8. The Morgan fingerprint density at radius 1 is 1.11 bits per heavy atom. The third-order valence-electron chi connectivity index (χ3n) is 6.32. The van der Waals surface area contributed by atoms with Gasteiger partial charge in [-0.25, -0.2) is 0 Å². The summed E-state index contributed by atoms with van der Waals surface area (Å²) in [5.41, 5.74) is 4.66. The molecule has 0 bridgehead atoms. The molecule has 8 nitrogen and oxygen atoms in total. The number of hydrogen-bond donors (Lipinski definition) is 0. The van der Waals surface area contributed by atoms with E-state index in [0.29, 0.717) is 21.8 Å². The molecular formula is C27H28ClN5O3. The molecule has 1 amide bonds. The van der Waals surface area contributed by atoms with E-state index >= 15 is 0 Å². The van der Waals surface area contributed by atoms with Crippen molar-refractivity contribution in [2.24, 2.45) is 7.05 Å². The highest BCUT2D eigenvalue weighted by atomic mass is 35.5. The summed E-state index contributed by atoms with van der Waals surface area (Å²) in [6.45, 7) is 9.31. The van der Waals surface area contributed by atoms with Crippen molar-refractivity contribution in [3.63, 3.8) is 0 Å². The first kappa shape index (κ1) is 24.1. The van der Waals surface area contributed by atoms with Gasteiger partial charge in [0.2, 0.25) is 0 Å². The van der Waals surface area contributed by atoms with Crippen LogP contribution in [0.5, 0.6) is 0 Å². The summed E-state index contributed by atoms with van der Waals surface area (Å²) in [6.07, 6.45) is 3.75. The zero-order chi connectivity index (χ0) is 25.9. The minimum absolute atomic E-state index is 0.00989. The second-order valence-corrected chi connectivity index (χ2v) is 10.7. The number of fused-ring (bicyclic) bond motifs is 2. The SMILES string of the molecule is Cc1cc(N2C(=O)c3c(CC(=O)OC(C)(C)C)cn(C)c3C2c2ccc(Cl)cc2)cn2c(C)nnc12. The molecule has 9 heteroatoms. The molecule has 1 aliphatic heterocycles. The number of esters is 1. The Morgan fingerprint density at radius 3 is 2.47 bits per heavy atom. The van der Waals surface area contributed by atoms with Crippen LogP contribution < -0.4 is 4.90 Å². The molecule has 0 saturated carbocycles. The van der Waals surface area contributed by atoms with Gasteiger partial charge in [0.25, 0.3) is 5.91 Å². The normalized spacial score (nSPS) is 15.6. The molecule has 0 N–H and O–H groups in total. The lowest BCUT2D eigenvalue weighted by molar-refractivity contribution is -0.153. The lowest BCUT2D eigenvalue weighted by atomic mass is 10.0. The lowest BCUT2D eigenvalue weighted by Gasteiger charge is -2.27. The van der Waals surface area contributed by atoms with Gasteiger partial charge in [-0.05, 0) is 69.5 Å². The van der Waals surface area contributed by atoms with E-state index in [1.54, 1.807) is 4.90 Å². The molecule has 3 aromatic heterocycles. The highest BCUT2D eigenvalue weighted by molar-refractivity contribution is 6.30. The fourth-order valence-corrected chi connectivity index (χ4v) is 5.04. The lowest BCUT2D eigenvalue weighted by Crippen LogP contribution is -2.30. The van der Waals surface area contributed by atoms with Gasteiger partial charge in [-0.15, -0.1) is 10.2 Å². The summed E-state index contributed by atoms with van der Waals surface area (Å²) >= 11 is 6.18. The van der Waals surface area contributed by atoms with Gasteiger partial charge in [-0.3, -0.25) is 18.9 Å². The Hall–Kier alpha value is -3.65. The Kier molecular flexibility index (Phi) is 5.67. The molecule has 0 fully saturated rings. The van der Waals surface area contributed by atoms with Crippen molar-refractivity contribution < 1.29 is 14.3 Å². The summed E-state index contributed by atoms with van der Waals surface area (Å²) in [5, 5.41) is 9.05. The number of pyridine rings is 1. The molecule has 0 radical (unpaired) electrons. The number of anilines is 1. The topological polar surface area (TPSA) is 81.7 Å². The molecule has 5 rings (SSSR count). The number of nitrogens with zero attached hydrogens (tertiary/aromatic N) is 5. The average molecular weight is 506 g/mol. The molecule has 186 valence electrons. The largest absolute Gasteiger partial charge is 0.460 e. The van der Waals surface area contributed by atoms with Crippen LogP contribution in [0, 0.1) is 13.8 Å². The van der Waals surface area contributed by atoms with Crippen molar-refractivity contribution in [2.45, 2.75) is 52.7 Å². The van der Waals surface area contributed by atoms with Crippen LogP contribution in [0.15, 0.2) is 42.7 Å². The van der Waals surface area contributed by atoms with Gasteiger partial charge in [0.05, 0.1) is 23.4 Å². The fraction of sp³-hybridized carbons (Fsp3) is 0.333. The Labute approximate surface area is 214 Å². The number of aryl methyl sites for hydroxylation is 3. The molecule has 0 aliphatic carbocycles. The van der Waals surface area contributed by atoms with E-state index in [1.165, 1.54) is 0 Å². The minimum atomic E-state index is -0.611. The number of ether oxygens (including phenoxy) is 1. The van der Waals surface area contributed by atoms with Gasteiger partial charge in [0.1, 0.15) is 17.5 Å². The first-order valence-corrected chi connectivity index (χ1v) is 12.1. The van der Waals surface area contributed by atoms with Gasteiger partial charge in [0.15, 0.2) is 5.65 Å². The molecule has 1 unspecified atom stereocenters. The average Bonchev–Trinajstić information content (AvgIpc) is 3.40. The zero-order valence-electron chi connectivity index (χ0n) is 21.2. The van der Waals surface area contributed by atoms with E-state index in [-0.39, 0.29) is 18.3 Å². The molecule has 0 spiro atoms. The number of rotatable bonds is 4. The van der Waals surface area contributed by atoms with Crippen LogP contribution >= 0.6 is 11.6 Å². The first-order chi connectivity index (χ1) is 16.9. The smallest absolute Gasteiger partial charge is 0.310 e. The molecule has 1 aromatic carbocycles. The van der Waals surface area contributed by atoms with Crippen molar-refractivity contribution in [2.75, 3.05) is 4.90 Å². The van der Waals surface area contributed by atoms with Crippen LogP contribution in [0.3, 0.4) is 0 Å². The van der Waals surface area contributed by atoms with Gasteiger partial charge >= 0.3 is 5.97 Å².